The van der Waals surface area contributed by atoms with E-state index >= 15 is 0 Å². The van der Waals surface area contributed by atoms with Crippen LogP contribution in [-0.2, 0) is 36.0 Å². The number of aryl methyl sites for hydroxylation is 1. The molecule has 0 saturated heterocycles. The number of hydrogen-bond acceptors (Lipinski definition) is 9. The van der Waals surface area contributed by atoms with Crippen molar-refractivity contribution in [2.45, 2.75) is 46.2 Å². The van der Waals surface area contributed by atoms with E-state index in [4.69, 9.17) is 9.72 Å². The molecule has 0 spiro atoms. The van der Waals surface area contributed by atoms with Crippen LogP contribution in [-0.4, -0.2) is 55.3 Å². The fraction of sp³-hybridized carbons (Fsp3) is 0.387. The summed E-state index contributed by atoms with van der Waals surface area (Å²) >= 11 is 0. The van der Waals surface area contributed by atoms with E-state index in [1.54, 1.807) is 12.5 Å². The van der Waals surface area contributed by atoms with Crippen molar-refractivity contribution < 1.29 is 13.2 Å². The number of anilines is 1. The van der Waals surface area contributed by atoms with Crippen LogP contribution >= 0.6 is 0 Å². The van der Waals surface area contributed by atoms with E-state index < -0.39 is 10.0 Å². The average molecular weight is 588 g/mol. The van der Waals surface area contributed by atoms with Crippen molar-refractivity contribution >= 4 is 27.4 Å². The molecule has 3 heterocycles. The molecule has 2 aromatic carbocycles. The van der Waals surface area contributed by atoms with Gasteiger partial charge >= 0.3 is 0 Å². The lowest BCUT2D eigenvalue weighted by Gasteiger charge is -2.33. The first-order valence-corrected chi connectivity index (χ1v) is 16.2. The van der Waals surface area contributed by atoms with Gasteiger partial charge < -0.3 is 15.0 Å². The maximum absolute atomic E-state index is 12.2. The van der Waals surface area contributed by atoms with Crippen molar-refractivity contribution in [3.05, 3.63) is 89.0 Å². The lowest BCUT2D eigenvalue weighted by atomic mass is 9.76. The van der Waals surface area contributed by atoms with Gasteiger partial charge in [0.25, 0.3) is 0 Å². The van der Waals surface area contributed by atoms with Crippen LogP contribution in [0, 0.1) is 5.41 Å². The molecule has 2 aliphatic heterocycles. The highest BCUT2D eigenvalue weighted by Gasteiger charge is 2.31. The van der Waals surface area contributed by atoms with Gasteiger partial charge in [-0.3, -0.25) is 5.01 Å². The van der Waals surface area contributed by atoms with E-state index in [0.717, 1.165) is 71.6 Å². The Morgan fingerprint density at radius 2 is 1.90 bits per heavy atom. The van der Waals surface area contributed by atoms with Crippen LogP contribution in [0.25, 0.3) is 5.57 Å². The zero-order chi connectivity index (χ0) is 29.3. The van der Waals surface area contributed by atoms with Gasteiger partial charge in [-0.2, -0.15) is 0 Å². The minimum Gasteiger partial charge on any atom is -0.491 e. The van der Waals surface area contributed by atoms with Gasteiger partial charge in [-0.1, -0.05) is 50.2 Å². The van der Waals surface area contributed by atoms with Gasteiger partial charge in [0, 0.05) is 36.1 Å². The van der Waals surface area contributed by atoms with Crippen LogP contribution in [0.2, 0.25) is 0 Å². The van der Waals surface area contributed by atoms with Crippen molar-refractivity contribution in [3.63, 3.8) is 0 Å². The molecule has 11 heteroatoms. The molecule has 42 heavy (non-hydrogen) atoms. The number of aromatic nitrogens is 2. The summed E-state index contributed by atoms with van der Waals surface area (Å²) in [6, 6.07) is 16.0. The summed E-state index contributed by atoms with van der Waals surface area (Å²) in [5.41, 5.74) is 6.57. The molecule has 3 aliphatic rings. The second-order valence-electron chi connectivity index (χ2n) is 12.0. The number of nitrogens with zero attached hydrogens (tertiary/aromatic N) is 5. The number of aliphatic imine (C=N–C) groups is 1. The average Bonchev–Trinajstić information content (AvgIpc) is 3.17. The third-order valence-electron chi connectivity index (χ3n) is 7.91. The Morgan fingerprint density at radius 3 is 2.71 bits per heavy atom. The van der Waals surface area contributed by atoms with Crippen molar-refractivity contribution in [1.29, 1.82) is 0 Å². The molecule has 1 aromatic heterocycles. The van der Waals surface area contributed by atoms with Crippen molar-refractivity contribution in [2.24, 2.45) is 10.4 Å². The molecule has 0 fully saturated rings. The Hall–Kier alpha value is -3.96. The largest absolute Gasteiger partial charge is 0.491 e. The van der Waals surface area contributed by atoms with E-state index in [2.05, 4.69) is 44.9 Å². The number of nitrogens with one attached hydrogen (secondary N) is 2. The van der Waals surface area contributed by atoms with Crippen LogP contribution in [0.4, 0.5) is 5.82 Å². The fourth-order valence-electron chi connectivity index (χ4n) is 5.76. The number of hydrazine groups is 1. The summed E-state index contributed by atoms with van der Waals surface area (Å²) < 4.78 is 30.6. The number of benzene rings is 2. The Kier molecular flexibility index (Phi) is 7.63. The van der Waals surface area contributed by atoms with E-state index in [1.165, 1.54) is 10.6 Å². The number of rotatable bonds is 6. The van der Waals surface area contributed by atoms with Gasteiger partial charge in [0.15, 0.2) is 0 Å². The van der Waals surface area contributed by atoms with Crippen molar-refractivity contribution in [2.75, 3.05) is 30.9 Å². The molecule has 6 rings (SSSR count). The third-order valence-corrected chi connectivity index (χ3v) is 8.46. The zero-order valence-corrected chi connectivity index (χ0v) is 25.1. The zero-order valence-electron chi connectivity index (χ0n) is 24.3. The lowest BCUT2D eigenvalue weighted by molar-refractivity contribution is 0.310. The minimum absolute atomic E-state index is 0.217. The summed E-state index contributed by atoms with van der Waals surface area (Å²) in [6.45, 7) is 7.38. The highest BCUT2D eigenvalue weighted by molar-refractivity contribution is 7.88. The first-order valence-electron chi connectivity index (χ1n) is 14.3. The quantitative estimate of drug-likeness (QED) is 0.450. The molecule has 10 nitrogen and oxygen atoms in total. The molecule has 0 saturated carbocycles. The standard InChI is InChI=1S/C31H37N7O3S/c1-31(2)12-11-27-26(16-31)29(35-21-34-27)37-13-14-41-28-10-9-23(15-24(28)19-37)25-18-33-30(38(20-25)36-42(3,39)40)32-17-22-7-5-4-6-8-22/h4-10,15,18,21,36H,11-14,16-17,19-20H2,1-3H3,(H,32,33). The van der Waals surface area contributed by atoms with Crippen LogP contribution < -0.4 is 19.8 Å². The monoisotopic (exact) mass is 587 g/mol. The van der Waals surface area contributed by atoms with E-state index in [1.807, 2.05) is 42.5 Å². The lowest BCUT2D eigenvalue weighted by Crippen LogP contribution is -2.52. The van der Waals surface area contributed by atoms with Crippen LogP contribution in [0.3, 0.4) is 0 Å². The maximum Gasteiger partial charge on any atom is 0.225 e. The molecular formula is C31H37N7O3S. The first kappa shape index (κ1) is 28.2. The number of ether oxygens (including phenoxy) is 1. The molecule has 0 unspecified atom stereocenters. The predicted molar refractivity (Wildman–Crippen MR) is 164 cm³/mol. The molecule has 1 aliphatic carbocycles. The van der Waals surface area contributed by atoms with E-state index in [-0.39, 0.29) is 5.41 Å². The Labute approximate surface area is 247 Å². The molecule has 220 valence electrons. The summed E-state index contributed by atoms with van der Waals surface area (Å²) in [7, 11) is -3.53. The predicted octanol–water partition coefficient (Wildman–Crippen LogP) is 3.66. The van der Waals surface area contributed by atoms with E-state index in [0.29, 0.717) is 32.2 Å². The van der Waals surface area contributed by atoms with Crippen LogP contribution in [0.15, 0.2) is 66.1 Å². The Bertz CT molecular complexity index is 1640. The van der Waals surface area contributed by atoms with Gasteiger partial charge in [-0.15, -0.1) is 4.83 Å². The number of fused-ring (bicyclic) bond motifs is 2. The third kappa shape index (κ3) is 6.42. The van der Waals surface area contributed by atoms with Crippen molar-refractivity contribution in [1.82, 2.24) is 25.1 Å². The maximum atomic E-state index is 12.2. The normalized spacial score (nSPS) is 18.2. The summed E-state index contributed by atoms with van der Waals surface area (Å²) in [6.07, 6.45) is 7.68. The Morgan fingerprint density at radius 1 is 1.07 bits per heavy atom. The van der Waals surface area contributed by atoms with Gasteiger partial charge in [-0.25, -0.2) is 23.4 Å². The minimum atomic E-state index is -3.53. The molecule has 0 atom stereocenters. The van der Waals surface area contributed by atoms with Gasteiger partial charge in [-0.05, 0) is 53.5 Å². The highest BCUT2D eigenvalue weighted by Crippen LogP contribution is 2.38. The first-order chi connectivity index (χ1) is 20.1. The Balaban J connectivity index is 1.27. The van der Waals surface area contributed by atoms with Gasteiger partial charge in [0.2, 0.25) is 16.0 Å². The molecule has 0 radical (unpaired) electrons. The topological polar surface area (TPSA) is 112 Å². The van der Waals surface area contributed by atoms with Crippen LogP contribution in [0.5, 0.6) is 5.75 Å². The molecular weight excluding hydrogens is 550 g/mol. The number of hydrogen-bond donors (Lipinski definition) is 2. The second kappa shape index (κ2) is 11.4. The number of sulfonamides is 1. The summed E-state index contributed by atoms with van der Waals surface area (Å²) in [4.78, 5) is 18.9. The van der Waals surface area contributed by atoms with Crippen LogP contribution in [0.1, 0.15) is 48.2 Å². The number of guanidine groups is 1. The SMILES string of the molecule is CC1(C)CCc2ncnc(N3CCOc4ccc(C5=CN=C(NCc6ccccc6)N(NS(C)(=O)=O)C5)cc4C3)c2C1. The molecule has 2 N–H and O–H groups in total. The molecule has 3 aromatic rings. The molecule has 0 bridgehead atoms. The smallest absolute Gasteiger partial charge is 0.225 e. The van der Waals surface area contributed by atoms with Gasteiger partial charge in [0.05, 0.1) is 19.3 Å². The summed E-state index contributed by atoms with van der Waals surface area (Å²) in [5.74, 6) is 2.28. The molecule has 0 amide bonds. The second-order valence-corrected chi connectivity index (χ2v) is 13.7. The highest BCUT2D eigenvalue weighted by atomic mass is 32.2. The van der Waals surface area contributed by atoms with Crippen molar-refractivity contribution in [3.8, 4) is 5.75 Å². The van der Waals surface area contributed by atoms with Gasteiger partial charge in [0.1, 0.15) is 24.5 Å². The summed E-state index contributed by atoms with van der Waals surface area (Å²) in [5, 5.41) is 4.80. The van der Waals surface area contributed by atoms with E-state index in [9.17, 15) is 8.42 Å². The fourth-order valence-corrected chi connectivity index (χ4v) is 6.31.